The molecule has 38 heavy (non-hydrogen) atoms. The van der Waals surface area contributed by atoms with Crippen molar-refractivity contribution in [3.8, 4) is 11.4 Å². The number of aryl methyl sites for hydroxylation is 1. The molecule has 0 saturated carbocycles. The fourth-order valence-corrected chi connectivity index (χ4v) is 5.23. The minimum atomic E-state index is -0.0825. The first-order valence-corrected chi connectivity index (χ1v) is 13.5. The fraction of sp³-hybridized carbons (Fsp3) is 0.429. The predicted molar refractivity (Wildman–Crippen MR) is 152 cm³/mol. The second-order valence-corrected chi connectivity index (χ2v) is 9.72. The molecular formula is C28H38N10. The van der Waals surface area contributed by atoms with Gasteiger partial charge in [-0.05, 0) is 45.2 Å². The van der Waals surface area contributed by atoms with Crippen molar-refractivity contribution in [3.05, 3.63) is 60.3 Å². The lowest BCUT2D eigenvalue weighted by molar-refractivity contribution is 0.149. The number of nitrogens with two attached hydrogens (primary N) is 1. The molecule has 1 fully saturated rings. The van der Waals surface area contributed by atoms with Crippen molar-refractivity contribution in [3.63, 3.8) is 0 Å². The lowest BCUT2D eigenvalue weighted by Gasteiger charge is -2.32. The second-order valence-electron chi connectivity index (χ2n) is 9.72. The van der Waals surface area contributed by atoms with Gasteiger partial charge in [0.25, 0.3) is 0 Å². The maximum Gasteiger partial charge on any atom is 0.164 e. The Hall–Kier alpha value is -3.76. The summed E-state index contributed by atoms with van der Waals surface area (Å²) in [4.78, 5) is 13.6. The van der Waals surface area contributed by atoms with E-state index in [4.69, 9.17) is 15.9 Å². The van der Waals surface area contributed by atoms with Crippen LogP contribution in [0.5, 0.6) is 0 Å². The van der Waals surface area contributed by atoms with Gasteiger partial charge in [-0.15, -0.1) is 0 Å². The quantitative estimate of drug-likeness (QED) is 0.369. The molecule has 0 aliphatic carbocycles. The summed E-state index contributed by atoms with van der Waals surface area (Å²) in [6.45, 7) is 14.4. The number of likely N-dealkylation sites (N-methyl/N-ethyl adjacent to an activating group) is 1. The van der Waals surface area contributed by atoms with E-state index in [0.29, 0.717) is 5.82 Å². The Balaban J connectivity index is 0.00000144. The molecule has 0 bridgehead atoms. The van der Waals surface area contributed by atoms with Crippen molar-refractivity contribution < 1.29 is 0 Å². The maximum absolute atomic E-state index is 6.16. The lowest BCUT2D eigenvalue weighted by Crippen LogP contribution is -2.45. The molecule has 1 aliphatic heterocycles. The highest BCUT2D eigenvalue weighted by Gasteiger charge is 2.24. The molecule has 5 aromatic rings. The summed E-state index contributed by atoms with van der Waals surface area (Å²) in [5.41, 5.74) is 12.0. The molecule has 0 aromatic carbocycles. The van der Waals surface area contributed by atoms with Crippen LogP contribution < -0.4 is 5.73 Å². The molecule has 10 heteroatoms. The Labute approximate surface area is 223 Å². The smallest absolute Gasteiger partial charge is 0.164 e. The molecule has 10 nitrogen and oxygen atoms in total. The topological polar surface area (TPSA) is 98.3 Å². The molecule has 200 valence electrons. The van der Waals surface area contributed by atoms with Gasteiger partial charge in [0.1, 0.15) is 17.8 Å². The monoisotopic (exact) mass is 514 g/mol. The van der Waals surface area contributed by atoms with Gasteiger partial charge in [-0.25, -0.2) is 14.6 Å². The fourth-order valence-electron chi connectivity index (χ4n) is 5.23. The van der Waals surface area contributed by atoms with Crippen LogP contribution in [-0.4, -0.2) is 83.5 Å². The SMILES string of the molecule is CC.Cc1nn(C(C)c2cc3ccccn3c2-c2ccn(CCN3CCN(C)CC3)n2)c2ncnc(N)c12. The first-order chi connectivity index (χ1) is 18.5. The van der Waals surface area contributed by atoms with Crippen LogP contribution in [0.25, 0.3) is 27.9 Å². The third-order valence-corrected chi connectivity index (χ3v) is 7.34. The number of piperazine rings is 1. The van der Waals surface area contributed by atoms with E-state index < -0.39 is 0 Å². The Kier molecular flexibility index (Phi) is 7.44. The molecule has 1 aliphatic rings. The standard InChI is InChI=1S/C26H32N10.C2H6/c1-18-23-25(27)28-17-29-26(23)36(30-18)19(2)21-16-20-6-4-5-8-35(20)24(21)22-7-9-34(31-22)15-14-33-12-10-32(3)11-13-33;1-2/h4-9,16-17,19H,10-15H2,1-3H3,(H2,27,28,29);1-2H3. The van der Waals surface area contributed by atoms with Gasteiger partial charge in [0.15, 0.2) is 5.65 Å². The summed E-state index contributed by atoms with van der Waals surface area (Å²) in [5, 5.41) is 10.6. The number of pyridine rings is 1. The van der Waals surface area contributed by atoms with Crippen molar-refractivity contribution >= 4 is 22.4 Å². The number of nitrogens with zero attached hydrogens (tertiary/aromatic N) is 9. The van der Waals surface area contributed by atoms with Crippen molar-refractivity contribution in [2.45, 2.75) is 40.3 Å². The molecule has 2 N–H and O–H groups in total. The van der Waals surface area contributed by atoms with E-state index in [0.717, 1.165) is 78.5 Å². The van der Waals surface area contributed by atoms with Crippen molar-refractivity contribution in [2.24, 2.45) is 0 Å². The number of aromatic nitrogens is 7. The largest absolute Gasteiger partial charge is 0.383 e. The van der Waals surface area contributed by atoms with E-state index in [1.807, 2.05) is 25.5 Å². The van der Waals surface area contributed by atoms with Crippen LogP contribution >= 0.6 is 0 Å². The highest BCUT2D eigenvalue weighted by atomic mass is 15.3. The summed E-state index contributed by atoms with van der Waals surface area (Å²) in [6.07, 6.45) is 5.68. The van der Waals surface area contributed by atoms with Crippen LogP contribution in [0, 0.1) is 6.92 Å². The van der Waals surface area contributed by atoms with Crippen LogP contribution in [-0.2, 0) is 6.54 Å². The van der Waals surface area contributed by atoms with Crippen molar-refractivity contribution in [2.75, 3.05) is 45.5 Å². The molecule has 6 heterocycles. The molecule has 1 unspecified atom stereocenters. The van der Waals surface area contributed by atoms with Gasteiger partial charge in [-0.2, -0.15) is 10.2 Å². The average Bonchev–Trinajstić information content (AvgIpc) is 3.65. The number of fused-ring (bicyclic) bond motifs is 2. The summed E-state index contributed by atoms with van der Waals surface area (Å²) in [6, 6.07) is 10.5. The Morgan fingerprint density at radius 3 is 2.55 bits per heavy atom. The predicted octanol–water partition coefficient (Wildman–Crippen LogP) is 3.72. The van der Waals surface area contributed by atoms with E-state index in [9.17, 15) is 0 Å². The second kappa shape index (κ2) is 10.9. The first kappa shape index (κ1) is 25.9. The molecule has 0 radical (unpaired) electrons. The zero-order valence-electron chi connectivity index (χ0n) is 23.0. The van der Waals surface area contributed by atoms with Gasteiger partial charge in [-0.1, -0.05) is 19.9 Å². The summed E-state index contributed by atoms with van der Waals surface area (Å²) < 4.78 is 6.22. The van der Waals surface area contributed by atoms with Gasteiger partial charge < -0.3 is 15.0 Å². The Bertz CT molecular complexity index is 1520. The minimum absolute atomic E-state index is 0.0825. The summed E-state index contributed by atoms with van der Waals surface area (Å²) in [7, 11) is 2.19. The van der Waals surface area contributed by atoms with E-state index >= 15 is 0 Å². The van der Waals surface area contributed by atoms with Gasteiger partial charge in [0.2, 0.25) is 0 Å². The van der Waals surface area contributed by atoms with Gasteiger partial charge in [0.05, 0.1) is 29.4 Å². The maximum atomic E-state index is 6.16. The van der Waals surface area contributed by atoms with Gasteiger partial charge >= 0.3 is 0 Å². The number of anilines is 1. The van der Waals surface area contributed by atoms with Gasteiger partial charge in [-0.3, -0.25) is 9.58 Å². The Morgan fingerprint density at radius 2 is 1.76 bits per heavy atom. The third kappa shape index (κ3) is 4.77. The van der Waals surface area contributed by atoms with E-state index in [-0.39, 0.29) is 6.04 Å². The summed E-state index contributed by atoms with van der Waals surface area (Å²) in [5.74, 6) is 0.456. The highest BCUT2D eigenvalue weighted by molar-refractivity contribution is 5.88. The van der Waals surface area contributed by atoms with Crippen LogP contribution in [0.2, 0.25) is 0 Å². The molecular weight excluding hydrogens is 476 g/mol. The average molecular weight is 515 g/mol. The highest BCUT2D eigenvalue weighted by Crippen LogP contribution is 2.34. The molecule has 5 aromatic heterocycles. The van der Waals surface area contributed by atoms with Crippen molar-refractivity contribution in [1.29, 1.82) is 0 Å². The van der Waals surface area contributed by atoms with Crippen LogP contribution in [0.4, 0.5) is 5.82 Å². The lowest BCUT2D eigenvalue weighted by atomic mass is 10.1. The normalized spacial score (nSPS) is 15.6. The number of hydrogen-bond acceptors (Lipinski definition) is 7. The van der Waals surface area contributed by atoms with E-state index in [2.05, 4.69) is 85.5 Å². The molecule has 6 rings (SSSR count). The third-order valence-electron chi connectivity index (χ3n) is 7.34. The molecule has 0 spiro atoms. The van der Waals surface area contributed by atoms with Crippen LogP contribution in [0.3, 0.4) is 0 Å². The minimum Gasteiger partial charge on any atom is -0.383 e. The first-order valence-electron chi connectivity index (χ1n) is 13.5. The van der Waals surface area contributed by atoms with E-state index in [1.54, 1.807) is 0 Å². The molecule has 0 amide bonds. The Morgan fingerprint density at radius 1 is 0.974 bits per heavy atom. The van der Waals surface area contributed by atoms with E-state index in [1.165, 1.54) is 6.33 Å². The van der Waals surface area contributed by atoms with Gasteiger partial charge in [0, 0.05) is 56.2 Å². The molecule has 1 saturated heterocycles. The number of nitrogen functional groups attached to an aromatic ring is 1. The zero-order chi connectivity index (χ0) is 26.8. The number of rotatable bonds is 6. The van der Waals surface area contributed by atoms with Crippen LogP contribution in [0.15, 0.2) is 49.1 Å². The summed E-state index contributed by atoms with van der Waals surface area (Å²) >= 11 is 0. The zero-order valence-corrected chi connectivity index (χ0v) is 23.0. The van der Waals surface area contributed by atoms with Crippen LogP contribution in [0.1, 0.15) is 38.1 Å². The number of hydrogen-bond donors (Lipinski definition) is 1. The molecule has 1 atom stereocenters. The van der Waals surface area contributed by atoms with Crippen molar-refractivity contribution in [1.82, 2.24) is 43.7 Å².